The largest absolute Gasteiger partial charge is 0.434 e. The van der Waals surface area contributed by atoms with Gasteiger partial charge in [-0.2, -0.15) is 0 Å². The minimum atomic E-state index is -0.155. The van der Waals surface area contributed by atoms with Crippen LogP contribution in [0.4, 0.5) is 0 Å². The number of carbonyl (C=O) groups is 1. The Morgan fingerprint density at radius 2 is 2.62 bits per heavy atom. The molecule has 0 N–H and O–H groups in total. The van der Waals surface area contributed by atoms with E-state index in [1.54, 1.807) is 6.08 Å². The van der Waals surface area contributed by atoms with Gasteiger partial charge in [0.25, 0.3) is 0 Å². The molecule has 0 radical (unpaired) electrons. The summed E-state index contributed by atoms with van der Waals surface area (Å²) in [5.74, 6) is -0.155. The predicted octanol–water partition coefficient (Wildman–Crippen LogP) is 0.788. The smallest absolute Gasteiger partial charge is 0.327 e. The number of hydrogen-bond donors (Lipinski definition) is 0. The zero-order valence-corrected chi connectivity index (χ0v) is 5.27. The number of cyclic esters (lactones) is 1. The van der Waals surface area contributed by atoms with Crippen LogP contribution in [0, 0.1) is 0 Å². The molecule has 0 bridgehead atoms. The lowest BCUT2D eigenvalue weighted by atomic mass is 10.5. The molecule has 0 saturated carbocycles. The van der Waals surface area contributed by atoms with Crippen LogP contribution >= 0.6 is 11.8 Å². The summed E-state index contributed by atoms with van der Waals surface area (Å²) in [6, 6.07) is 0. The van der Waals surface area contributed by atoms with Crippen LogP contribution in [0.25, 0.3) is 0 Å². The minimum absolute atomic E-state index is 0.0602. The van der Waals surface area contributed by atoms with Crippen molar-refractivity contribution in [3.8, 4) is 0 Å². The van der Waals surface area contributed by atoms with E-state index in [-0.39, 0.29) is 11.2 Å². The van der Waals surface area contributed by atoms with Crippen molar-refractivity contribution >= 4 is 17.7 Å². The molecular formula is C5H6O2S. The van der Waals surface area contributed by atoms with Crippen LogP contribution in [0.2, 0.25) is 0 Å². The second-order valence-electron chi connectivity index (χ2n) is 1.42. The third-order valence-electron chi connectivity index (χ3n) is 0.924. The molecule has 0 saturated heterocycles. The number of hydrogen-bond acceptors (Lipinski definition) is 3. The Bertz CT molecular complexity index is 130. The lowest BCUT2D eigenvalue weighted by Crippen LogP contribution is -2.08. The molecule has 1 aliphatic rings. The maximum absolute atomic E-state index is 10.5. The van der Waals surface area contributed by atoms with Crippen molar-refractivity contribution in [3.63, 3.8) is 0 Å². The lowest BCUT2D eigenvalue weighted by molar-refractivity contribution is -0.134. The van der Waals surface area contributed by atoms with Gasteiger partial charge in [0.1, 0.15) is 5.25 Å². The Balaban J connectivity index is 2.53. The van der Waals surface area contributed by atoms with Crippen LogP contribution in [0.1, 0.15) is 0 Å². The van der Waals surface area contributed by atoms with E-state index in [1.807, 2.05) is 6.26 Å². The quantitative estimate of drug-likeness (QED) is 0.491. The van der Waals surface area contributed by atoms with E-state index in [4.69, 9.17) is 0 Å². The molecule has 0 fully saturated rings. The van der Waals surface area contributed by atoms with Crippen LogP contribution in [0.5, 0.6) is 0 Å². The van der Waals surface area contributed by atoms with E-state index in [0.29, 0.717) is 0 Å². The third kappa shape index (κ3) is 0.865. The van der Waals surface area contributed by atoms with Crippen molar-refractivity contribution in [2.24, 2.45) is 0 Å². The topological polar surface area (TPSA) is 26.3 Å². The first kappa shape index (κ1) is 5.69. The van der Waals surface area contributed by atoms with Gasteiger partial charge in [-0.05, 0) is 12.3 Å². The summed E-state index contributed by atoms with van der Waals surface area (Å²) < 4.78 is 4.52. The first-order valence-corrected chi connectivity index (χ1v) is 3.53. The molecule has 0 aromatic rings. The maximum atomic E-state index is 10.5. The summed E-state index contributed by atoms with van der Waals surface area (Å²) in [4.78, 5) is 10.5. The standard InChI is InChI=1S/C5H6O2S/c1-8-4-2-3-7-5(4)6/h2-4H,1H3. The van der Waals surface area contributed by atoms with Crippen LogP contribution in [0.15, 0.2) is 12.3 Å². The molecule has 3 heteroatoms. The second-order valence-corrected chi connectivity index (χ2v) is 2.40. The number of carbonyl (C=O) groups excluding carboxylic acids is 1. The number of esters is 1. The van der Waals surface area contributed by atoms with Crippen LogP contribution < -0.4 is 0 Å². The zero-order chi connectivity index (χ0) is 5.98. The summed E-state index contributed by atoms with van der Waals surface area (Å²) in [5.41, 5.74) is 0. The minimum Gasteiger partial charge on any atom is -0.434 e. The third-order valence-corrected chi connectivity index (χ3v) is 1.78. The predicted molar refractivity (Wildman–Crippen MR) is 32.5 cm³/mol. The van der Waals surface area contributed by atoms with Crippen LogP contribution in [0.3, 0.4) is 0 Å². The molecular weight excluding hydrogens is 124 g/mol. The number of ether oxygens (including phenoxy) is 1. The van der Waals surface area contributed by atoms with Gasteiger partial charge in [-0.3, -0.25) is 4.79 Å². The molecule has 0 aliphatic carbocycles. The fraction of sp³-hybridized carbons (Fsp3) is 0.400. The van der Waals surface area contributed by atoms with Gasteiger partial charge in [0.2, 0.25) is 0 Å². The average Bonchev–Trinajstić information content (AvgIpc) is 2.14. The highest BCUT2D eigenvalue weighted by Gasteiger charge is 2.19. The van der Waals surface area contributed by atoms with Gasteiger partial charge in [0, 0.05) is 0 Å². The Labute approximate surface area is 51.9 Å². The zero-order valence-electron chi connectivity index (χ0n) is 4.46. The van der Waals surface area contributed by atoms with E-state index >= 15 is 0 Å². The molecule has 8 heavy (non-hydrogen) atoms. The van der Waals surface area contributed by atoms with Crippen molar-refractivity contribution in [1.29, 1.82) is 0 Å². The van der Waals surface area contributed by atoms with Gasteiger partial charge in [-0.25, -0.2) is 0 Å². The molecule has 0 spiro atoms. The maximum Gasteiger partial charge on any atom is 0.327 e. The van der Waals surface area contributed by atoms with Gasteiger partial charge in [0.05, 0.1) is 6.26 Å². The Kier molecular flexibility index (Phi) is 1.58. The van der Waals surface area contributed by atoms with Crippen LogP contribution in [-0.4, -0.2) is 17.5 Å². The lowest BCUT2D eigenvalue weighted by Gasteiger charge is -1.95. The molecule has 1 heterocycles. The monoisotopic (exact) mass is 130 g/mol. The van der Waals surface area contributed by atoms with Crippen molar-refractivity contribution < 1.29 is 9.53 Å². The van der Waals surface area contributed by atoms with E-state index in [9.17, 15) is 4.79 Å². The highest BCUT2D eigenvalue weighted by Crippen LogP contribution is 2.14. The molecule has 2 nitrogen and oxygen atoms in total. The summed E-state index contributed by atoms with van der Waals surface area (Å²) >= 11 is 1.48. The van der Waals surface area contributed by atoms with Crippen molar-refractivity contribution in [1.82, 2.24) is 0 Å². The molecule has 44 valence electrons. The van der Waals surface area contributed by atoms with Crippen molar-refractivity contribution in [2.45, 2.75) is 5.25 Å². The van der Waals surface area contributed by atoms with Crippen molar-refractivity contribution in [2.75, 3.05) is 6.26 Å². The Morgan fingerprint density at radius 1 is 1.88 bits per heavy atom. The summed E-state index contributed by atoms with van der Waals surface area (Å²) in [6.07, 6.45) is 5.05. The van der Waals surface area contributed by atoms with Gasteiger partial charge < -0.3 is 4.74 Å². The Hall–Kier alpha value is -0.440. The number of thioether (sulfide) groups is 1. The molecule has 0 amide bonds. The van der Waals surface area contributed by atoms with Gasteiger partial charge in [0.15, 0.2) is 0 Å². The molecule has 0 aromatic heterocycles. The van der Waals surface area contributed by atoms with Crippen LogP contribution in [-0.2, 0) is 9.53 Å². The second kappa shape index (κ2) is 2.22. The summed E-state index contributed by atoms with van der Waals surface area (Å²) in [5, 5.41) is -0.0602. The SMILES string of the molecule is CSC1C=COC1=O. The fourth-order valence-corrected chi connectivity index (χ4v) is 0.967. The van der Waals surface area contributed by atoms with Gasteiger partial charge in [-0.15, -0.1) is 11.8 Å². The highest BCUT2D eigenvalue weighted by molar-refractivity contribution is 8.00. The van der Waals surface area contributed by atoms with E-state index < -0.39 is 0 Å². The van der Waals surface area contributed by atoms with Crippen molar-refractivity contribution in [3.05, 3.63) is 12.3 Å². The normalized spacial score (nSPS) is 26.1. The summed E-state index contributed by atoms with van der Waals surface area (Å²) in [6.45, 7) is 0. The van der Waals surface area contributed by atoms with E-state index in [0.717, 1.165) is 0 Å². The molecule has 1 unspecified atom stereocenters. The van der Waals surface area contributed by atoms with Gasteiger partial charge in [-0.1, -0.05) is 0 Å². The van der Waals surface area contributed by atoms with Gasteiger partial charge >= 0.3 is 5.97 Å². The Morgan fingerprint density at radius 3 is 2.88 bits per heavy atom. The highest BCUT2D eigenvalue weighted by atomic mass is 32.2. The fourth-order valence-electron chi connectivity index (χ4n) is 0.498. The average molecular weight is 130 g/mol. The number of rotatable bonds is 1. The summed E-state index contributed by atoms with van der Waals surface area (Å²) in [7, 11) is 0. The first-order valence-electron chi connectivity index (χ1n) is 2.24. The first-order chi connectivity index (χ1) is 3.84. The molecule has 1 aliphatic heterocycles. The molecule has 1 atom stereocenters. The molecule has 0 aromatic carbocycles. The van der Waals surface area contributed by atoms with E-state index in [1.165, 1.54) is 18.0 Å². The molecule has 1 rings (SSSR count). The van der Waals surface area contributed by atoms with E-state index in [2.05, 4.69) is 4.74 Å².